The first-order chi connectivity index (χ1) is 15.8. The van der Waals surface area contributed by atoms with Crippen LogP contribution in [-0.2, 0) is 18.6 Å². The maximum atomic E-state index is 7.50. The van der Waals surface area contributed by atoms with E-state index in [1.807, 2.05) is 91.0 Å². The Morgan fingerprint density at radius 2 is 0.938 bits per heavy atom. The van der Waals surface area contributed by atoms with Gasteiger partial charge >= 0.3 is 60.7 Å². The molecule has 0 atom stereocenters. The zero-order valence-electron chi connectivity index (χ0n) is 16.5. The summed E-state index contributed by atoms with van der Waals surface area (Å²) in [6, 6.07) is 40.6. The average Bonchev–Trinajstić information content (AvgIpc) is 3.43. The van der Waals surface area contributed by atoms with Gasteiger partial charge in [-0.2, -0.15) is 0 Å². The van der Waals surface area contributed by atoms with Crippen molar-refractivity contribution < 1.29 is 32.2 Å². The first-order valence-electron chi connectivity index (χ1n) is 8.77. The Morgan fingerprint density at radius 1 is 0.656 bits per heavy atom. The van der Waals surface area contributed by atoms with Crippen molar-refractivity contribution >= 4 is 35.5 Å². The summed E-state index contributed by atoms with van der Waals surface area (Å²) in [5.74, 6) is 2.18. The molecule has 0 spiro atoms. The maximum absolute atomic E-state index is 7.50. The summed E-state index contributed by atoms with van der Waals surface area (Å²) in [4.78, 5) is 0. The molecular weight excluding hydrogens is 729 g/mol. The third-order valence-electron chi connectivity index (χ3n) is 3.18. The van der Waals surface area contributed by atoms with E-state index in [-0.39, 0.29) is 13.9 Å². The van der Waals surface area contributed by atoms with Crippen molar-refractivity contribution in [1.82, 2.24) is 0 Å². The van der Waals surface area contributed by atoms with Gasteiger partial charge in [-0.1, -0.05) is 54.6 Å². The van der Waals surface area contributed by atoms with Crippen LogP contribution in [0.1, 0.15) is 0 Å². The number of rotatable bonds is 6. The van der Waals surface area contributed by atoms with E-state index in [1.54, 1.807) is 6.07 Å². The van der Waals surface area contributed by atoms with E-state index in [1.165, 1.54) is 0 Å². The Bertz CT molecular complexity index is 812. The molecule has 167 valence electrons. The van der Waals surface area contributed by atoms with E-state index in [9.17, 15) is 0 Å². The maximum Gasteiger partial charge on any atom is 0.528 e. The normalized spacial score (nSPS) is 8.91. The molecule has 0 aromatic heterocycles. The molecule has 0 aliphatic carbocycles. The molecule has 0 saturated heterocycles. The Balaban J connectivity index is 0.000000430. The van der Waals surface area contributed by atoms with Crippen LogP contribution in [0.25, 0.3) is 0 Å². The molecule has 0 aliphatic heterocycles. The SMILES string of the molecule is [Br][Re][Br].[C-]#[O+].[c-]1[c-][c-][cH-][c-]1.c1ccc(O[PH+](Oc2ccccc2)Oc2ccccc2)cc1. The number of para-hydroxylation sites is 3. The topological polar surface area (TPSA) is 47.6 Å². The smallest absolute Gasteiger partial charge is 0.528 e. The minimum Gasteiger partial charge on any atom is -0.999 e. The van der Waals surface area contributed by atoms with Gasteiger partial charge in [0, 0.05) is 0 Å². The van der Waals surface area contributed by atoms with Crippen molar-refractivity contribution in [3.05, 3.63) is 128 Å². The molecule has 32 heavy (non-hydrogen) atoms. The van der Waals surface area contributed by atoms with Crippen LogP contribution in [-0.4, -0.2) is 0 Å². The third kappa shape index (κ3) is 13.6. The fourth-order valence-corrected chi connectivity index (χ4v) is 3.11. The summed E-state index contributed by atoms with van der Waals surface area (Å²) in [7, 11) is -2.00. The van der Waals surface area contributed by atoms with Crippen LogP contribution >= 0.6 is 35.5 Å². The van der Waals surface area contributed by atoms with Crippen molar-refractivity contribution in [2.24, 2.45) is 0 Å². The van der Waals surface area contributed by atoms with Crippen molar-refractivity contribution in [2.75, 3.05) is 0 Å². The molecule has 0 radical (unpaired) electrons. The summed E-state index contributed by atoms with van der Waals surface area (Å²) < 4.78 is 25.1. The number of halogens is 2. The quantitative estimate of drug-likeness (QED) is 0.117. The van der Waals surface area contributed by atoms with Gasteiger partial charge in [0.1, 0.15) is 0 Å². The minimum atomic E-state index is -2.00. The van der Waals surface area contributed by atoms with Crippen LogP contribution in [0.15, 0.2) is 97.1 Å². The van der Waals surface area contributed by atoms with Gasteiger partial charge in [-0.25, -0.2) is 0 Å². The first kappa shape index (κ1) is 28.2. The molecule has 0 amide bonds. The van der Waals surface area contributed by atoms with Crippen LogP contribution in [0.4, 0.5) is 0 Å². The van der Waals surface area contributed by atoms with Gasteiger partial charge in [-0.15, -0.1) is 0 Å². The molecule has 8 heteroatoms. The molecule has 0 N–H and O–H groups in total. The van der Waals surface area contributed by atoms with Crippen molar-refractivity contribution in [2.45, 2.75) is 0 Å². The van der Waals surface area contributed by atoms with Crippen LogP contribution in [0.3, 0.4) is 0 Å². The van der Waals surface area contributed by atoms with Crippen LogP contribution in [0.2, 0.25) is 0 Å². The Labute approximate surface area is 211 Å². The van der Waals surface area contributed by atoms with Crippen LogP contribution in [0.5, 0.6) is 17.2 Å². The zero-order chi connectivity index (χ0) is 23.3. The van der Waals surface area contributed by atoms with E-state index in [4.69, 9.17) is 18.2 Å². The van der Waals surface area contributed by atoms with Gasteiger partial charge in [-0.3, -0.25) is 13.6 Å². The molecule has 0 saturated carbocycles. The molecular formula is C24H17Br2O4PRe-4. The number of hydrogen-bond acceptors (Lipinski definition) is 3. The second-order valence-corrected chi connectivity index (χ2v) is 18.2. The molecule has 0 heterocycles. The number of hydrogen-bond donors (Lipinski definition) is 0. The first-order valence-corrected chi connectivity index (χ1v) is 21.9. The monoisotopic (exact) mass is 745 g/mol. The van der Waals surface area contributed by atoms with Crippen LogP contribution < -0.4 is 13.6 Å². The van der Waals surface area contributed by atoms with E-state index in [2.05, 4.69) is 57.8 Å². The Kier molecular flexibility index (Phi) is 17.5. The minimum absolute atomic E-state index is 0.0417. The molecule has 0 aliphatic rings. The van der Waals surface area contributed by atoms with Crippen LogP contribution in [0, 0.1) is 30.9 Å². The Hall–Kier alpha value is -1.80. The van der Waals surface area contributed by atoms with E-state index < -0.39 is 8.60 Å². The standard InChI is InChI=1S/C18H16O3P.C5H.CO.2BrH.Re/c1-4-10-16(11-5-1)19-22(20-17-12-6-2-7-13-17)21-18-14-8-3-9-15-18;1-2-4-5-3-1;1-2;;;/h1-15,22H;1H;;2*1H;/q+1;-5;;;;+2/p-2. The fourth-order valence-electron chi connectivity index (χ4n) is 2.00. The molecule has 0 bridgehead atoms. The van der Waals surface area contributed by atoms with Gasteiger partial charge in [0.05, 0.1) is 0 Å². The molecule has 4 nitrogen and oxygen atoms in total. The van der Waals surface area contributed by atoms with Gasteiger partial charge in [0.25, 0.3) is 0 Å². The predicted octanol–water partition coefficient (Wildman–Crippen LogP) is 7.44. The molecule has 4 rings (SSSR count). The average molecular weight is 746 g/mol. The largest absolute Gasteiger partial charge is 0.999 e. The predicted molar refractivity (Wildman–Crippen MR) is 129 cm³/mol. The van der Waals surface area contributed by atoms with Gasteiger partial charge in [0.2, 0.25) is 0 Å². The van der Waals surface area contributed by atoms with Crippen molar-refractivity contribution in [3.8, 4) is 17.2 Å². The van der Waals surface area contributed by atoms with E-state index in [0.717, 1.165) is 17.2 Å². The summed E-state index contributed by atoms with van der Waals surface area (Å²) >= 11 is 6.39. The second-order valence-electron chi connectivity index (χ2n) is 5.23. The van der Waals surface area contributed by atoms with Gasteiger partial charge in [-0.05, 0) is 36.4 Å². The Morgan fingerprint density at radius 3 is 1.16 bits per heavy atom. The summed E-state index contributed by atoms with van der Waals surface area (Å²) in [5.41, 5.74) is 0. The second kappa shape index (κ2) is 19.9. The van der Waals surface area contributed by atoms with Crippen molar-refractivity contribution in [1.29, 1.82) is 0 Å². The van der Waals surface area contributed by atoms with Crippen molar-refractivity contribution in [3.63, 3.8) is 0 Å². The van der Waals surface area contributed by atoms with Gasteiger partial charge in [0.15, 0.2) is 17.2 Å². The molecule has 4 aromatic rings. The molecule has 0 unspecified atom stereocenters. The molecule has 0 fully saturated rings. The summed E-state index contributed by atoms with van der Waals surface area (Å²) in [6.45, 7) is 4.50. The van der Waals surface area contributed by atoms with E-state index >= 15 is 0 Å². The summed E-state index contributed by atoms with van der Waals surface area (Å²) in [6.07, 6.45) is 0. The van der Waals surface area contributed by atoms with Gasteiger partial charge < -0.3 is 30.3 Å². The molecule has 4 aromatic carbocycles. The fraction of sp³-hybridized carbons (Fsp3) is 0. The van der Waals surface area contributed by atoms with E-state index in [0.29, 0.717) is 0 Å². The third-order valence-corrected chi connectivity index (χ3v) is 4.39. The summed E-state index contributed by atoms with van der Waals surface area (Å²) in [5, 5.41) is 0. The number of benzene rings is 3. The zero-order valence-corrected chi connectivity index (χ0v) is 23.4.